The Bertz CT molecular complexity index is 1400. The molecule has 4 nitrogen and oxygen atoms in total. The van der Waals surface area contributed by atoms with Gasteiger partial charge in [-0.2, -0.15) is 0 Å². The molecule has 4 aromatic rings. The van der Waals surface area contributed by atoms with E-state index in [0.29, 0.717) is 22.3 Å². The van der Waals surface area contributed by atoms with Crippen LogP contribution < -0.4 is 4.74 Å². The molecule has 0 saturated carbocycles. The number of hydrogen-bond acceptors (Lipinski definition) is 4. The van der Waals surface area contributed by atoms with Crippen molar-refractivity contribution in [1.29, 1.82) is 0 Å². The Morgan fingerprint density at radius 2 is 1.56 bits per heavy atom. The van der Waals surface area contributed by atoms with Gasteiger partial charge >= 0.3 is 0 Å². The molecular formula is C28H20ClNO3S. The molecule has 2 amide bonds. The summed E-state index contributed by atoms with van der Waals surface area (Å²) in [5.74, 6) is 0.346. The van der Waals surface area contributed by atoms with Crippen molar-refractivity contribution in [2.45, 2.75) is 13.2 Å². The van der Waals surface area contributed by atoms with Crippen LogP contribution in [0.2, 0.25) is 5.02 Å². The third kappa shape index (κ3) is 4.72. The number of rotatable bonds is 6. The molecule has 0 aromatic heterocycles. The van der Waals surface area contributed by atoms with Gasteiger partial charge in [0.2, 0.25) is 0 Å². The number of carbonyl (C=O) groups excluding carboxylic acids is 2. The standard InChI is InChI=1S/C28H20ClNO3S/c29-22-13-10-20(11-14-22)18-33-25-15-12-21-8-4-5-9-23(21)24(25)16-26-27(31)30(28(32)34-26)17-19-6-2-1-3-7-19/h1-16H,17-18H2/b26-16+. The lowest BCUT2D eigenvalue weighted by molar-refractivity contribution is -0.123. The highest BCUT2D eigenvalue weighted by atomic mass is 35.5. The summed E-state index contributed by atoms with van der Waals surface area (Å²) in [7, 11) is 0. The van der Waals surface area contributed by atoms with Crippen molar-refractivity contribution in [3.05, 3.63) is 118 Å². The molecular weight excluding hydrogens is 466 g/mol. The number of carbonyl (C=O) groups is 2. The van der Waals surface area contributed by atoms with Gasteiger partial charge in [0.25, 0.3) is 11.1 Å². The van der Waals surface area contributed by atoms with Crippen LogP contribution in [0.15, 0.2) is 95.9 Å². The molecule has 168 valence electrons. The second-order valence-electron chi connectivity index (χ2n) is 7.87. The number of imide groups is 1. The summed E-state index contributed by atoms with van der Waals surface area (Å²) in [6.45, 7) is 0.601. The number of thioether (sulfide) groups is 1. The molecule has 1 fully saturated rings. The Morgan fingerprint density at radius 1 is 0.824 bits per heavy atom. The number of ether oxygens (including phenoxy) is 1. The maximum Gasteiger partial charge on any atom is 0.293 e. The first-order valence-corrected chi connectivity index (χ1v) is 12.0. The van der Waals surface area contributed by atoms with Crippen LogP contribution in [-0.4, -0.2) is 16.0 Å². The zero-order chi connectivity index (χ0) is 23.5. The predicted molar refractivity (Wildman–Crippen MR) is 138 cm³/mol. The number of hydrogen-bond donors (Lipinski definition) is 0. The van der Waals surface area contributed by atoms with E-state index in [0.717, 1.165) is 39.2 Å². The van der Waals surface area contributed by atoms with Crippen molar-refractivity contribution in [3.63, 3.8) is 0 Å². The van der Waals surface area contributed by atoms with Crippen molar-refractivity contribution in [2.24, 2.45) is 0 Å². The second kappa shape index (κ2) is 9.75. The van der Waals surface area contributed by atoms with E-state index in [-0.39, 0.29) is 17.7 Å². The average Bonchev–Trinajstić information content (AvgIpc) is 3.12. The molecule has 0 atom stereocenters. The van der Waals surface area contributed by atoms with Crippen LogP contribution in [0, 0.1) is 0 Å². The zero-order valence-corrected chi connectivity index (χ0v) is 19.7. The van der Waals surface area contributed by atoms with Crippen LogP contribution in [-0.2, 0) is 17.9 Å². The van der Waals surface area contributed by atoms with E-state index in [9.17, 15) is 9.59 Å². The summed E-state index contributed by atoms with van der Waals surface area (Å²) in [6, 6.07) is 28.8. The Morgan fingerprint density at radius 3 is 2.35 bits per heavy atom. The normalized spacial score (nSPS) is 14.9. The summed E-state index contributed by atoms with van der Waals surface area (Å²) < 4.78 is 6.16. The van der Waals surface area contributed by atoms with Gasteiger partial charge in [0.05, 0.1) is 11.4 Å². The van der Waals surface area contributed by atoms with Crippen molar-refractivity contribution in [2.75, 3.05) is 0 Å². The maximum absolute atomic E-state index is 13.1. The number of fused-ring (bicyclic) bond motifs is 1. The first-order valence-electron chi connectivity index (χ1n) is 10.8. The lowest BCUT2D eigenvalue weighted by Crippen LogP contribution is -2.27. The molecule has 0 N–H and O–H groups in total. The second-order valence-corrected chi connectivity index (χ2v) is 9.30. The van der Waals surface area contributed by atoms with Gasteiger partial charge in [-0.15, -0.1) is 0 Å². The molecule has 1 aliphatic heterocycles. The van der Waals surface area contributed by atoms with Crippen LogP contribution in [0.3, 0.4) is 0 Å². The first-order chi connectivity index (χ1) is 16.6. The fraction of sp³-hybridized carbons (Fsp3) is 0.0714. The summed E-state index contributed by atoms with van der Waals surface area (Å²) >= 11 is 6.95. The third-order valence-corrected chi connectivity index (χ3v) is 6.73. The van der Waals surface area contributed by atoms with Crippen LogP contribution in [0.4, 0.5) is 4.79 Å². The van der Waals surface area contributed by atoms with Crippen LogP contribution in [0.25, 0.3) is 16.8 Å². The summed E-state index contributed by atoms with van der Waals surface area (Å²) in [5, 5.41) is 2.37. The maximum atomic E-state index is 13.1. The van der Waals surface area contributed by atoms with Gasteiger partial charge in [-0.25, -0.2) is 0 Å². The van der Waals surface area contributed by atoms with Crippen LogP contribution >= 0.6 is 23.4 Å². The largest absolute Gasteiger partial charge is 0.488 e. The van der Waals surface area contributed by atoms with E-state index in [1.165, 1.54) is 4.90 Å². The molecule has 0 unspecified atom stereocenters. The van der Waals surface area contributed by atoms with Crippen molar-refractivity contribution < 1.29 is 14.3 Å². The Kier molecular flexibility index (Phi) is 6.39. The summed E-state index contributed by atoms with van der Waals surface area (Å²) in [4.78, 5) is 27.5. The van der Waals surface area contributed by atoms with Gasteiger partial charge in [-0.05, 0) is 57.9 Å². The molecule has 1 heterocycles. The summed E-state index contributed by atoms with van der Waals surface area (Å²) in [6.07, 6.45) is 1.77. The molecule has 5 rings (SSSR count). The van der Waals surface area contributed by atoms with Crippen molar-refractivity contribution in [3.8, 4) is 5.75 Å². The van der Waals surface area contributed by atoms with E-state index >= 15 is 0 Å². The summed E-state index contributed by atoms with van der Waals surface area (Å²) in [5.41, 5.74) is 2.66. The number of amides is 2. The molecule has 4 aromatic carbocycles. The number of nitrogens with zero attached hydrogens (tertiary/aromatic N) is 1. The average molecular weight is 486 g/mol. The van der Waals surface area contributed by atoms with Gasteiger partial charge in [-0.1, -0.05) is 84.4 Å². The Balaban J connectivity index is 1.48. The Labute approximate surface area is 206 Å². The zero-order valence-electron chi connectivity index (χ0n) is 18.1. The fourth-order valence-electron chi connectivity index (χ4n) is 3.83. The molecule has 0 aliphatic carbocycles. The van der Waals surface area contributed by atoms with Crippen molar-refractivity contribution >= 4 is 51.4 Å². The van der Waals surface area contributed by atoms with Gasteiger partial charge in [0.1, 0.15) is 12.4 Å². The van der Waals surface area contributed by atoms with E-state index in [2.05, 4.69) is 0 Å². The highest BCUT2D eigenvalue weighted by Gasteiger charge is 2.35. The highest BCUT2D eigenvalue weighted by molar-refractivity contribution is 8.18. The van der Waals surface area contributed by atoms with E-state index in [1.54, 1.807) is 6.08 Å². The van der Waals surface area contributed by atoms with Gasteiger partial charge in [-0.3, -0.25) is 14.5 Å². The monoisotopic (exact) mass is 485 g/mol. The minimum Gasteiger partial charge on any atom is -0.488 e. The highest BCUT2D eigenvalue weighted by Crippen LogP contribution is 2.37. The van der Waals surface area contributed by atoms with Crippen LogP contribution in [0.1, 0.15) is 16.7 Å². The minimum atomic E-state index is -0.296. The van der Waals surface area contributed by atoms with E-state index in [4.69, 9.17) is 16.3 Å². The smallest absolute Gasteiger partial charge is 0.293 e. The lowest BCUT2D eigenvalue weighted by Gasteiger charge is -2.13. The molecule has 0 radical (unpaired) electrons. The van der Waals surface area contributed by atoms with Crippen LogP contribution in [0.5, 0.6) is 5.75 Å². The van der Waals surface area contributed by atoms with E-state index < -0.39 is 0 Å². The molecule has 0 bridgehead atoms. The lowest BCUT2D eigenvalue weighted by atomic mass is 10.0. The first kappa shape index (κ1) is 22.3. The molecule has 1 saturated heterocycles. The molecule has 0 spiro atoms. The topological polar surface area (TPSA) is 46.6 Å². The molecule has 1 aliphatic rings. The SMILES string of the molecule is O=C1S/C(=C/c2c(OCc3ccc(Cl)cc3)ccc3ccccc23)C(=O)N1Cc1ccccc1. The van der Waals surface area contributed by atoms with Crippen molar-refractivity contribution in [1.82, 2.24) is 4.90 Å². The van der Waals surface area contributed by atoms with Gasteiger partial charge in [0.15, 0.2) is 0 Å². The fourth-order valence-corrected chi connectivity index (χ4v) is 4.77. The Hall–Kier alpha value is -3.54. The van der Waals surface area contributed by atoms with E-state index in [1.807, 2.05) is 91.0 Å². The molecule has 6 heteroatoms. The minimum absolute atomic E-state index is 0.248. The van der Waals surface area contributed by atoms with Gasteiger partial charge < -0.3 is 4.74 Å². The number of benzene rings is 4. The number of halogens is 1. The third-order valence-electron chi connectivity index (χ3n) is 5.57. The quantitative estimate of drug-likeness (QED) is 0.269. The molecule has 34 heavy (non-hydrogen) atoms. The predicted octanol–water partition coefficient (Wildman–Crippen LogP) is 7.31. The van der Waals surface area contributed by atoms with Gasteiger partial charge in [0, 0.05) is 10.6 Å².